The first-order valence-electron chi connectivity index (χ1n) is 6.56. The molecule has 0 radical (unpaired) electrons. The number of ether oxygens (including phenoxy) is 4. The molecule has 124 valence electrons. The van der Waals surface area contributed by atoms with Crippen LogP contribution in [0.1, 0.15) is 0 Å². The van der Waals surface area contributed by atoms with Gasteiger partial charge >= 0.3 is 12.3 Å². The van der Waals surface area contributed by atoms with Gasteiger partial charge in [-0.2, -0.15) is 0 Å². The van der Waals surface area contributed by atoms with E-state index in [0.717, 1.165) is 14.6 Å². The Morgan fingerprint density at radius 3 is 2.65 bits per heavy atom. The van der Waals surface area contributed by atoms with Crippen LogP contribution in [0.4, 0.5) is 9.59 Å². The smallest absolute Gasteiger partial charge is 0.438 e. The SMILES string of the molecule is COC(=O)OCC(CSc1nc2ccccc2s1)OC(=O)OC. The van der Waals surface area contributed by atoms with Crippen molar-refractivity contribution >= 4 is 45.6 Å². The average molecular weight is 357 g/mol. The number of rotatable bonds is 6. The molecule has 0 aliphatic rings. The van der Waals surface area contributed by atoms with Gasteiger partial charge in [-0.05, 0) is 12.1 Å². The first-order valence-corrected chi connectivity index (χ1v) is 8.36. The molecule has 1 unspecified atom stereocenters. The molecule has 2 aromatic rings. The summed E-state index contributed by atoms with van der Waals surface area (Å²) in [6.45, 7) is -0.125. The second-order valence-electron chi connectivity index (χ2n) is 4.22. The highest BCUT2D eigenvalue weighted by Gasteiger charge is 2.19. The minimum Gasteiger partial charge on any atom is -0.438 e. The highest BCUT2D eigenvalue weighted by molar-refractivity contribution is 8.01. The molecule has 7 nitrogen and oxygen atoms in total. The number of carbonyl (C=O) groups excluding carboxylic acids is 2. The van der Waals surface area contributed by atoms with Gasteiger partial charge in [-0.1, -0.05) is 23.9 Å². The molecule has 0 aliphatic heterocycles. The van der Waals surface area contributed by atoms with Crippen molar-refractivity contribution in [3.05, 3.63) is 24.3 Å². The average Bonchev–Trinajstić information content (AvgIpc) is 2.99. The quantitative estimate of drug-likeness (QED) is 0.575. The van der Waals surface area contributed by atoms with E-state index in [1.54, 1.807) is 11.3 Å². The van der Waals surface area contributed by atoms with Crippen LogP contribution in [0.25, 0.3) is 10.2 Å². The number of fused-ring (bicyclic) bond motifs is 1. The van der Waals surface area contributed by atoms with Crippen LogP contribution in [0, 0.1) is 0 Å². The molecule has 0 aliphatic carbocycles. The lowest BCUT2D eigenvalue weighted by Gasteiger charge is -2.15. The zero-order valence-electron chi connectivity index (χ0n) is 12.5. The highest BCUT2D eigenvalue weighted by atomic mass is 32.2. The number of hydrogen-bond donors (Lipinski definition) is 0. The van der Waals surface area contributed by atoms with E-state index in [1.165, 1.54) is 26.0 Å². The molecule has 0 spiro atoms. The van der Waals surface area contributed by atoms with E-state index in [1.807, 2.05) is 24.3 Å². The molecule has 9 heteroatoms. The predicted octanol–water partition coefficient (Wildman–Crippen LogP) is 3.32. The zero-order chi connectivity index (χ0) is 16.7. The molecule has 1 atom stereocenters. The summed E-state index contributed by atoms with van der Waals surface area (Å²) >= 11 is 2.95. The van der Waals surface area contributed by atoms with Crippen molar-refractivity contribution in [3.63, 3.8) is 0 Å². The number of nitrogens with zero attached hydrogens (tertiary/aromatic N) is 1. The maximum atomic E-state index is 11.3. The van der Waals surface area contributed by atoms with E-state index in [0.29, 0.717) is 5.75 Å². The number of para-hydroxylation sites is 1. The number of thioether (sulfide) groups is 1. The van der Waals surface area contributed by atoms with E-state index >= 15 is 0 Å². The fourth-order valence-electron chi connectivity index (χ4n) is 1.60. The Kier molecular flexibility index (Phi) is 6.48. The summed E-state index contributed by atoms with van der Waals surface area (Å²) in [7, 11) is 2.41. The number of hydrogen-bond acceptors (Lipinski definition) is 9. The fraction of sp³-hybridized carbons (Fsp3) is 0.357. The first kappa shape index (κ1) is 17.4. The van der Waals surface area contributed by atoms with Gasteiger partial charge in [0.2, 0.25) is 0 Å². The number of benzene rings is 1. The van der Waals surface area contributed by atoms with E-state index in [9.17, 15) is 9.59 Å². The minimum absolute atomic E-state index is 0.125. The fourth-order valence-corrected chi connectivity index (χ4v) is 3.66. The molecule has 0 saturated carbocycles. The Hall–Kier alpha value is -2.00. The number of methoxy groups -OCH3 is 2. The van der Waals surface area contributed by atoms with Crippen molar-refractivity contribution < 1.29 is 28.5 Å². The van der Waals surface area contributed by atoms with Crippen molar-refractivity contribution in [1.29, 1.82) is 0 Å². The lowest BCUT2D eigenvalue weighted by molar-refractivity contribution is 0.00195. The number of carbonyl (C=O) groups is 2. The van der Waals surface area contributed by atoms with Gasteiger partial charge in [-0.15, -0.1) is 11.3 Å². The van der Waals surface area contributed by atoms with Gasteiger partial charge in [-0.25, -0.2) is 14.6 Å². The molecule has 1 aromatic carbocycles. The van der Waals surface area contributed by atoms with Crippen LogP contribution >= 0.6 is 23.1 Å². The largest absolute Gasteiger partial charge is 0.508 e. The van der Waals surface area contributed by atoms with E-state index in [2.05, 4.69) is 14.5 Å². The lowest BCUT2D eigenvalue weighted by atomic mass is 10.3. The summed E-state index contributed by atoms with van der Waals surface area (Å²) < 4.78 is 20.6. The lowest BCUT2D eigenvalue weighted by Crippen LogP contribution is -2.27. The third-order valence-corrected chi connectivity index (χ3v) is 4.96. The third-order valence-electron chi connectivity index (χ3n) is 2.65. The summed E-state index contributed by atoms with van der Waals surface area (Å²) in [6, 6.07) is 7.78. The van der Waals surface area contributed by atoms with E-state index < -0.39 is 18.4 Å². The predicted molar refractivity (Wildman–Crippen MR) is 86.0 cm³/mol. The van der Waals surface area contributed by atoms with Gasteiger partial charge in [0.25, 0.3) is 0 Å². The molecule has 1 heterocycles. The summed E-state index contributed by atoms with van der Waals surface area (Å²) in [5, 5.41) is 0. The van der Waals surface area contributed by atoms with Gasteiger partial charge in [0.1, 0.15) is 12.7 Å². The normalized spacial score (nSPS) is 11.7. The topological polar surface area (TPSA) is 84.0 Å². The summed E-state index contributed by atoms with van der Waals surface area (Å²) in [5.41, 5.74) is 0.913. The summed E-state index contributed by atoms with van der Waals surface area (Å²) in [4.78, 5) is 26.8. The van der Waals surface area contributed by atoms with Crippen LogP contribution in [0.2, 0.25) is 0 Å². The van der Waals surface area contributed by atoms with Crippen LogP contribution in [-0.4, -0.2) is 50.0 Å². The highest BCUT2D eigenvalue weighted by Crippen LogP contribution is 2.30. The standard InChI is InChI=1S/C14H15NO6S2/c1-18-13(16)20-7-9(21-14(17)19-2)8-22-12-15-10-5-3-4-6-11(10)23-12/h3-6,9H,7-8H2,1-2H3. The van der Waals surface area contributed by atoms with Gasteiger partial charge in [0, 0.05) is 5.75 Å². The maximum absolute atomic E-state index is 11.3. The summed E-state index contributed by atoms with van der Waals surface area (Å²) in [6.07, 6.45) is -2.35. The minimum atomic E-state index is -0.839. The Labute approximate surface area is 140 Å². The monoisotopic (exact) mass is 357 g/mol. The van der Waals surface area contributed by atoms with Crippen LogP contribution < -0.4 is 0 Å². The molecule has 0 amide bonds. The molecule has 23 heavy (non-hydrogen) atoms. The van der Waals surface area contributed by atoms with Crippen LogP contribution in [0.3, 0.4) is 0 Å². The molecule has 2 rings (SSSR count). The molecular weight excluding hydrogens is 342 g/mol. The first-order chi connectivity index (χ1) is 11.1. The van der Waals surface area contributed by atoms with Gasteiger partial charge in [-0.3, -0.25) is 0 Å². The van der Waals surface area contributed by atoms with Crippen molar-refractivity contribution in [2.75, 3.05) is 26.6 Å². The molecule has 0 N–H and O–H groups in total. The Morgan fingerprint density at radius 2 is 1.96 bits per heavy atom. The van der Waals surface area contributed by atoms with Gasteiger partial charge in [0.05, 0.1) is 24.4 Å². The van der Waals surface area contributed by atoms with Gasteiger partial charge < -0.3 is 18.9 Å². The Balaban J connectivity index is 1.95. The van der Waals surface area contributed by atoms with Crippen LogP contribution in [-0.2, 0) is 18.9 Å². The van der Waals surface area contributed by atoms with Crippen molar-refractivity contribution in [2.24, 2.45) is 0 Å². The Bertz CT molecular complexity index is 641. The maximum Gasteiger partial charge on any atom is 0.508 e. The Morgan fingerprint density at radius 1 is 1.22 bits per heavy atom. The second kappa shape index (κ2) is 8.59. The number of aromatic nitrogens is 1. The van der Waals surface area contributed by atoms with Crippen LogP contribution in [0.5, 0.6) is 0 Å². The van der Waals surface area contributed by atoms with Gasteiger partial charge in [0.15, 0.2) is 4.34 Å². The van der Waals surface area contributed by atoms with Crippen molar-refractivity contribution in [1.82, 2.24) is 4.98 Å². The van der Waals surface area contributed by atoms with E-state index in [4.69, 9.17) is 9.47 Å². The van der Waals surface area contributed by atoms with E-state index in [-0.39, 0.29) is 6.61 Å². The molecule has 0 saturated heterocycles. The number of thiazole rings is 1. The third kappa shape index (κ3) is 5.29. The zero-order valence-corrected chi connectivity index (χ0v) is 14.1. The molecule has 0 fully saturated rings. The molecule has 1 aromatic heterocycles. The second-order valence-corrected chi connectivity index (χ2v) is 6.52. The summed E-state index contributed by atoms with van der Waals surface area (Å²) in [5.74, 6) is 0.367. The van der Waals surface area contributed by atoms with Crippen molar-refractivity contribution in [2.45, 2.75) is 10.4 Å². The molecule has 0 bridgehead atoms. The molecular formula is C14H15NO6S2. The van der Waals surface area contributed by atoms with Crippen LogP contribution in [0.15, 0.2) is 28.6 Å². The van der Waals surface area contributed by atoms with Crippen molar-refractivity contribution in [3.8, 4) is 0 Å².